The van der Waals surface area contributed by atoms with Crippen LogP contribution < -0.4 is 9.47 Å². The number of sulfonamides is 1. The average Bonchev–Trinajstić information content (AvgIpc) is 2.66. The second-order valence-electron chi connectivity index (χ2n) is 6.15. The SMILES string of the molecule is COc1cc2c(cc1OC)CN(S(=O)(=O)c1cccc(C(C)=O)c1)CC2. The van der Waals surface area contributed by atoms with Crippen molar-refractivity contribution < 1.29 is 22.7 Å². The molecule has 6 nitrogen and oxygen atoms in total. The van der Waals surface area contributed by atoms with Gasteiger partial charge in [0.05, 0.1) is 19.1 Å². The summed E-state index contributed by atoms with van der Waals surface area (Å²) in [4.78, 5) is 11.7. The Morgan fingerprint density at radius 3 is 2.31 bits per heavy atom. The molecule has 0 unspecified atom stereocenters. The van der Waals surface area contributed by atoms with E-state index in [1.54, 1.807) is 26.4 Å². The van der Waals surface area contributed by atoms with Gasteiger partial charge in [-0.1, -0.05) is 12.1 Å². The molecule has 1 aliphatic heterocycles. The quantitative estimate of drug-likeness (QED) is 0.751. The Kier molecular flexibility index (Phi) is 5.02. The zero-order valence-corrected chi connectivity index (χ0v) is 15.8. The van der Waals surface area contributed by atoms with Crippen LogP contribution >= 0.6 is 0 Å². The fourth-order valence-electron chi connectivity index (χ4n) is 3.09. The van der Waals surface area contributed by atoms with E-state index < -0.39 is 10.0 Å². The molecule has 3 rings (SSSR count). The number of rotatable bonds is 5. The smallest absolute Gasteiger partial charge is 0.243 e. The van der Waals surface area contributed by atoms with E-state index in [1.165, 1.54) is 23.4 Å². The standard InChI is InChI=1S/C19H21NO5S/c1-13(21)14-5-4-6-17(9-14)26(22,23)20-8-7-15-10-18(24-2)19(25-3)11-16(15)12-20/h4-6,9-11H,7-8,12H2,1-3H3. The van der Waals surface area contributed by atoms with Crippen molar-refractivity contribution in [3.63, 3.8) is 0 Å². The number of Topliss-reactive ketones (excluding diaryl/α,β-unsaturated/α-hetero) is 1. The van der Waals surface area contributed by atoms with Gasteiger partial charge in [0.25, 0.3) is 0 Å². The van der Waals surface area contributed by atoms with Crippen LogP contribution in [-0.2, 0) is 23.0 Å². The molecular weight excluding hydrogens is 354 g/mol. The van der Waals surface area contributed by atoms with Gasteiger partial charge in [0.1, 0.15) is 0 Å². The summed E-state index contributed by atoms with van der Waals surface area (Å²) in [6.07, 6.45) is 0.585. The first kappa shape index (κ1) is 18.4. The first-order valence-electron chi connectivity index (χ1n) is 8.21. The third-order valence-electron chi connectivity index (χ3n) is 4.56. The number of fused-ring (bicyclic) bond motifs is 1. The van der Waals surface area contributed by atoms with Crippen molar-refractivity contribution in [2.45, 2.75) is 24.8 Å². The lowest BCUT2D eigenvalue weighted by atomic mass is 10.0. The lowest BCUT2D eigenvalue weighted by Crippen LogP contribution is -2.36. The molecule has 1 aliphatic rings. The van der Waals surface area contributed by atoms with E-state index in [-0.39, 0.29) is 17.2 Å². The maximum Gasteiger partial charge on any atom is 0.243 e. The van der Waals surface area contributed by atoms with E-state index in [0.717, 1.165) is 11.1 Å². The van der Waals surface area contributed by atoms with Crippen molar-refractivity contribution in [1.29, 1.82) is 0 Å². The van der Waals surface area contributed by atoms with Crippen molar-refractivity contribution in [1.82, 2.24) is 4.31 Å². The van der Waals surface area contributed by atoms with E-state index in [2.05, 4.69) is 0 Å². The van der Waals surface area contributed by atoms with Crippen LogP contribution in [0.4, 0.5) is 0 Å². The Hall–Kier alpha value is -2.38. The number of carbonyl (C=O) groups excluding carboxylic acids is 1. The summed E-state index contributed by atoms with van der Waals surface area (Å²) < 4.78 is 38.1. The highest BCUT2D eigenvalue weighted by atomic mass is 32.2. The zero-order chi connectivity index (χ0) is 18.9. The Balaban J connectivity index is 1.94. The topological polar surface area (TPSA) is 72.9 Å². The molecule has 0 bridgehead atoms. The second kappa shape index (κ2) is 7.09. The molecule has 0 aromatic heterocycles. The Morgan fingerprint density at radius 2 is 1.69 bits per heavy atom. The van der Waals surface area contributed by atoms with E-state index in [0.29, 0.717) is 30.0 Å². The van der Waals surface area contributed by atoms with Gasteiger partial charge in [-0.3, -0.25) is 4.79 Å². The van der Waals surface area contributed by atoms with Gasteiger partial charge in [0, 0.05) is 18.7 Å². The number of ether oxygens (including phenoxy) is 2. The van der Waals surface area contributed by atoms with Gasteiger partial charge in [-0.15, -0.1) is 0 Å². The summed E-state index contributed by atoms with van der Waals surface area (Å²) in [5.74, 6) is 1.05. The van der Waals surface area contributed by atoms with Crippen LogP contribution in [0.5, 0.6) is 11.5 Å². The predicted molar refractivity (Wildman–Crippen MR) is 97.3 cm³/mol. The van der Waals surface area contributed by atoms with Gasteiger partial charge in [-0.25, -0.2) is 8.42 Å². The van der Waals surface area contributed by atoms with Crippen LogP contribution in [0, 0.1) is 0 Å². The highest BCUT2D eigenvalue weighted by Gasteiger charge is 2.29. The van der Waals surface area contributed by atoms with E-state index in [1.807, 2.05) is 12.1 Å². The fraction of sp³-hybridized carbons (Fsp3) is 0.316. The second-order valence-corrected chi connectivity index (χ2v) is 8.09. The molecule has 0 aliphatic carbocycles. The van der Waals surface area contributed by atoms with Gasteiger partial charge < -0.3 is 9.47 Å². The number of hydrogen-bond donors (Lipinski definition) is 0. The molecule has 0 N–H and O–H groups in total. The van der Waals surface area contributed by atoms with Crippen molar-refractivity contribution in [2.75, 3.05) is 20.8 Å². The number of hydrogen-bond acceptors (Lipinski definition) is 5. The highest BCUT2D eigenvalue weighted by molar-refractivity contribution is 7.89. The van der Waals surface area contributed by atoms with Gasteiger partial charge in [-0.2, -0.15) is 4.31 Å². The molecule has 0 amide bonds. The predicted octanol–water partition coefficient (Wildman–Crippen LogP) is 2.65. The van der Waals surface area contributed by atoms with Gasteiger partial charge in [0.15, 0.2) is 17.3 Å². The summed E-state index contributed by atoms with van der Waals surface area (Å²) >= 11 is 0. The van der Waals surface area contributed by atoms with Gasteiger partial charge in [0.2, 0.25) is 10.0 Å². The summed E-state index contributed by atoms with van der Waals surface area (Å²) in [5.41, 5.74) is 2.32. The van der Waals surface area contributed by atoms with E-state index in [9.17, 15) is 13.2 Å². The number of methoxy groups -OCH3 is 2. The minimum Gasteiger partial charge on any atom is -0.493 e. The molecule has 26 heavy (non-hydrogen) atoms. The van der Waals surface area contributed by atoms with Crippen molar-refractivity contribution in [2.24, 2.45) is 0 Å². The van der Waals surface area contributed by atoms with Crippen molar-refractivity contribution >= 4 is 15.8 Å². The lowest BCUT2D eigenvalue weighted by molar-refractivity contribution is 0.101. The molecular formula is C19H21NO5S. The van der Waals surface area contributed by atoms with Crippen LogP contribution in [0.15, 0.2) is 41.3 Å². The normalized spacial score (nSPS) is 14.6. The van der Waals surface area contributed by atoms with Gasteiger partial charge in [-0.05, 0) is 48.7 Å². The molecule has 7 heteroatoms. The first-order chi connectivity index (χ1) is 12.4. The molecule has 0 saturated heterocycles. The first-order valence-corrected chi connectivity index (χ1v) is 9.65. The monoisotopic (exact) mass is 375 g/mol. The average molecular weight is 375 g/mol. The zero-order valence-electron chi connectivity index (χ0n) is 15.0. The summed E-state index contributed by atoms with van der Waals surface area (Å²) in [6.45, 7) is 2.04. The Labute approximate surface area is 153 Å². The molecule has 2 aromatic carbocycles. The van der Waals surface area contributed by atoms with Crippen molar-refractivity contribution in [3.8, 4) is 11.5 Å². The van der Waals surface area contributed by atoms with Crippen LogP contribution in [-0.4, -0.2) is 39.3 Å². The van der Waals surface area contributed by atoms with Crippen LogP contribution in [0.2, 0.25) is 0 Å². The maximum absolute atomic E-state index is 13.0. The molecule has 0 radical (unpaired) electrons. The summed E-state index contributed by atoms with van der Waals surface area (Å²) in [5, 5.41) is 0. The van der Waals surface area contributed by atoms with Crippen LogP contribution in [0.3, 0.4) is 0 Å². The molecule has 0 atom stereocenters. The maximum atomic E-state index is 13.0. The van der Waals surface area contributed by atoms with Gasteiger partial charge >= 0.3 is 0 Å². The molecule has 0 fully saturated rings. The molecule has 0 spiro atoms. The fourth-order valence-corrected chi connectivity index (χ4v) is 4.55. The number of carbonyl (C=O) groups is 1. The molecule has 138 valence electrons. The number of nitrogens with zero attached hydrogens (tertiary/aromatic N) is 1. The third kappa shape index (κ3) is 3.32. The number of benzene rings is 2. The largest absolute Gasteiger partial charge is 0.493 e. The third-order valence-corrected chi connectivity index (χ3v) is 6.40. The van der Waals surface area contributed by atoms with Crippen molar-refractivity contribution in [3.05, 3.63) is 53.1 Å². The minimum absolute atomic E-state index is 0.133. The van der Waals surface area contributed by atoms with E-state index in [4.69, 9.17) is 9.47 Å². The lowest BCUT2D eigenvalue weighted by Gasteiger charge is -2.29. The van der Waals surface area contributed by atoms with Crippen LogP contribution in [0.1, 0.15) is 28.4 Å². The van der Waals surface area contributed by atoms with Crippen LogP contribution in [0.25, 0.3) is 0 Å². The molecule has 1 heterocycles. The Morgan fingerprint density at radius 1 is 1.04 bits per heavy atom. The number of ketones is 1. The van der Waals surface area contributed by atoms with E-state index >= 15 is 0 Å². The molecule has 2 aromatic rings. The summed E-state index contributed by atoms with van der Waals surface area (Å²) in [6, 6.07) is 9.88. The highest BCUT2D eigenvalue weighted by Crippen LogP contribution is 2.34. The Bertz CT molecular complexity index is 952. The summed E-state index contributed by atoms with van der Waals surface area (Å²) in [7, 11) is -0.561. The minimum atomic E-state index is -3.69. The molecule has 0 saturated carbocycles.